The molecule has 1 aliphatic heterocycles. The summed E-state index contributed by atoms with van der Waals surface area (Å²) < 4.78 is 5.88. The highest BCUT2D eigenvalue weighted by Crippen LogP contribution is 2.18. The summed E-state index contributed by atoms with van der Waals surface area (Å²) in [6.45, 7) is 3.75. The number of anilines is 1. The molecule has 3 aromatic rings. The van der Waals surface area contributed by atoms with E-state index in [-0.39, 0.29) is 0 Å². The van der Waals surface area contributed by atoms with Crippen molar-refractivity contribution in [2.24, 2.45) is 5.92 Å². The number of ether oxygens (including phenoxy) is 1. The summed E-state index contributed by atoms with van der Waals surface area (Å²) in [5.74, 6) is 2.18. The second kappa shape index (κ2) is 8.31. The predicted octanol–water partition coefficient (Wildman–Crippen LogP) is 3.36. The molecule has 1 fully saturated rings. The van der Waals surface area contributed by atoms with Crippen LogP contribution in [0.4, 0.5) is 5.82 Å². The Morgan fingerprint density at radius 1 is 1.11 bits per heavy atom. The molecule has 0 amide bonds. The van der Waals surface area contributed by atoms with Crippen LogP contribution in [0.2, 0.25) is 0 Å². The van der Waals surface area contributed by atoms with E-state index in [1.54, 1.807) is 6.20 Å². The number of nitrogens with one attached hydrogen (secondary N) is 1. The fourth-order valence-electron chi connectivity index (χ4n) is 3.29. The van der Waals surface area contributed by atoms with Gasteiger partial charge in [-0.2, -0.15) is 0 Å². The molecule has 6 nitrogen and oxygen atoms in total. The van der Waals surface area contributed by atoms with Crippen molar-refractivity contribution >= 4 is 16.7 Å². The maximum atomic E-state index is 5.88. The van der Waals surface area contributed by atoms with Gasteiger partial charge < -0.3 is 15.0 Å². The molecule has 0 spiro atoms. The lowest BCUT2D eigenvalue weighted by atomic mass is 9.98. The van der Waals surface area contributed by atoms with Crippen molar-refractivity contribution in [1.82, 2.24) is 19.9 Å². The maximum absolute atomic E-state index is 5.88. The number of aromatic nitrogens is 3. The van der Waals surface area contributed by atoms with E-state index in [1.165, 1.54) is 12.8 Å². The van der Waals surface area contributed by atoms with E-state index in [0.717, 1.165) is 42.0 Å². The third-order valence-electron chi connectivity index (χ3n) is 5.07. The molecule has 4 rings (SSSR count). The minimum absolute atomic E-state index is 0.638. The lowest BCUT2D eigenvalue weighted by Crippen LogP contribution is -2.32. The Labute approximate surface area is 159 Å². The molecule has 3 aromatic heterocycles. The summed E-state index contributed by atoms with van der Waals surface area (Å²) in [5.41, 5.74) is 2.03. The van der Waals surface area contributed by atoms with Crippen molar-refractivity contribution in [2.45, 2.75) is 19.4 Å². The first-order valence-corrected chi connectivity index (χ1v) is 9.47. The molecule has 1 aliphatic rings. The first kappa shape index (κ1) is 17.7. The number of hydrogen-bond donors (Lipinski definition) is 1. The summed E-state index contributed by atoms with van der Waals surface area (Å²) in [7, 11) is 2.18. The number of fused-ring (bicyclic) bond motifs is 1. The van der Waals surface area contributed by atoms with Crippen LogP contribution in [0.1, 0.15) is 18.4 Å². The van der Waals surface area contributed by atoms with Crippen LogP contribution in [0.3, 0.4) is 0 Å². The Hall–Kier alpha value is -2.73. The van der Waals surface area contributed by atoms with Crippen LogP contribution in [0.25, 0.3) is 10.9 Å². The van der Waals surface area contributed by atoms with Gasteiger partial charge in [-0.15, -0.1) is 0 Å². The quantitative estimate of drug-likeness (QED) is 0.725. The zero-order chi connectivity index (χ0) is 18.5. The average Bonchev–Trinajstić information content (AvgIpc) is 2.72. The van der Waals surface area contributed by atoms with E-state index in [9.17, 15) is 0 Å². The van der Waals surface area contributed by atoms with Gasteiger partial charge in [-0.3, -0.25) is 4.98 Å². The highest BCUT2D eigenvalue weighted by atomic mass is 16.5. The Balaban J connectivity index is 1.28. The van der Waals surface area contributed by atoms with E-state index >= 15 is 0 Å². The van der Waals surface area contributed by atoms with Crippen LogP contribution in [0.5, 0.6) is 5.88 Å². The van der Waals surface area contributed by atoms with Gasteiger partial charge in [0, 0.05) is 36.6 Å². The summed E-state index contributed by atoms with van der Waals surface area (Å²) in [6.07, 6.45) is 7.84. The number of hydrogen-bond acceptors (Lipinski definition) is 6. The fraction of sp³-hybridized carbons (Fsp3) is 0.381. The van der Waals surface area contributed by atoms with Crippen LogP contribution in [0.15, 0.2) is 48.9 Å². The first-order valence-electron chi connectivity index (χ1n) is 9.47. The van der Waals surface area contributed by atoms with Gasteiger partial charge in [0.05, 0.1) is 12.1 Å². The number of pyridine rings is 3. The fourth-order valence-corrected chi connectivity index (χ4v) is 3.29. The zero-order valence-electron chi connectivity index (χ0n) is 15.6. The summed E-state index contributed by atoms with van der Waals surface area (Å²) in [6, 6.07) is 9.91. The van der Waals surface area contributed by atoms with Crippen LogP contribution >= 0.6 is 0 Å². The molecule has 0 bridgehead atoms. The van der Waals surface area contributed by atoms with Crippen molar-refractivity contribution in [3.05, 3.63) is 54.5 Å². The molecule has 0 unspecified atom stereocenters. The molecule has 0 radical (unpaired) electrons. The molecular weight excluding hydrogens is 338 g/mol. The normalized spacial score (nSPS) is 15.7. The first-order chi connectivity index (χ1) is 13.3. The average molecular weight is 363 g/mol. The van der Waals surface area contributed by atoms with Crippen LogP contribution < -0.4 is 10.1 Å². The van der Waals surface area contributed by atoms with Gasteiger partial charge in [0.25, 0.3) is 0 Å². The van der Waals surface area contributed by atoms with Crippen molar-refractivity contribution < 1.29 is 4.74 Å². The maximum Gasteiger partial charge on any atom is 0.213 e. The van der Waals surface area contributed by atoms with E-state index in [2.05, 4.69) is 38.3 Å². The summed E-state index contributed by atoms with van der Waals surface area (Å²) in [5, 5.41) is 4.38. The second-order valence-corrected chi connectivity index (χ2v) is 7.18. The van der Waals surface area contributed by atoms with E-state index in [0.29, 0.717) is 18.3 Å². The minimum Gasteiger partial charge on any atom is -0.477 e. The Kier molecular flexibility index (Phi) is 5.44. The number of nitrogens with zero attached hydrogens (tertiary/aromatic N) is 4. The standard InChI is InChI=1S/C21H25N5O/c1-26-10-7-16(8-11-26)15-27-21-5-2-17(13-24-21)12-23-20-4-3-18-14-22-9-6-19(18)25-20/h2-6,9,13-14,16H,7-8,10-12,15H2,1H3,(H,23,25). The van der Waals surface area contributed by atoms with Crippen molar-refractivity contribution in [1.29, 1.82) is 0 Å². The van der Waals surface area contributed by atoms with Gasteiger partial charge in [-0.1, -0.05) is 6.07 Å². The number of rotatable bonds is 6. The molecule has 1 N–H and O–H groups in total. The lowest BCUT2D eigenvalue weighted by Gasteiger charge is -2.28. The molecule has 140 valence electrons. The Morgan fingerprint density at radius 2 is 2.00 bits per heavy atom. The van der Waals surface area contributed by atoms with Gasteiger partial charge in [0.15, 0.2) is 0 Å². The number of piperidine rings is 1. The van der Waals surface area contributed by atoms with Crippen molar-refractivity contribution in [3.8, 4) is 5.88 Å². The smallest absolute Gasteiger partial charge is 0.213 e. The molecule has 0 atom stereocenters. The molecule has 0 aliphatic carbocycles. The van der Waals surface area contributed by atoms with Crippen LogP contribution in [-0.4, -0.2) is 46.6 Å². The van der Waals surface area contributed by atoms with Crippen molar-refractivity contribution in [3.63, 3.8) is 0 Å². The highest BCUT2D eigenvalue weighted by Gasteiger charge is 2.17. The molecule has 1 saturated heterocycles. The second-order valence-electron chi connectivity index (χ2n) is 7.18. The molecule has 0 aromatic carbocycles. The molecule has 4 heterocycles. The minimum atomic E-state index is 0.638. The monoisotopic (exact) mass is 363 g/mol. The van der Waals surface area contributed by atoms with Gasteiger partial charge in [-0.25, -0.2) is 9.97 Å². The third-order valence-corrected chi connectivity index (χ3v) is 5.07. The van der Waals surface area contributed by atoms with Gasteiger partial charge >= 0.3 is 0 Å². The summed E-state index contributed by atoms with van der Waals surface area (Å²) in [4.78, 5) is 15.5. The molecule has 27 heavy (non-hydrogen) atoms. The Morgan fingerprint density at radius 3 is 2.81 bits per heavy atom. The SMILES string of the molecule is CN1CCC(COc2ccc(CNc3ccc4cnccc4n3)cn2)CC1. The van der Waals surface area contributed by atoms with Crippen LogP contribution in [0, 0.1) is 5.92 Å². The largest absolute Gasteiger partial charge is 0.477 e. The molecular formula is C21H25N5O. The van der Waals surface area contributed by atoms with Gasteiger partial charge in [-0.05, 0) is 62.7 Å². The third kappa shape index (κ3) is 4.71. The van der Waals surface area contributed by atoms with Gasteiger partial charge in [0.2, 0.25) is 5.88 Å². The van der Waals surface area contributed by atoms with Crippen molar-refractivity contribution in [2.75, 3.05) is 32.1 Å². The Bertz CT molecular complexity index is 875. The topological polar surface area (TPSA) is 63.2 Å². The number of likely N-dealkylation sites (tertiary alicyclic amines) is 1. The highest BCUT2D eigenvalue weighted by molar-refractivity contribution is 5.78. The lowest BCUT2D eigenvalue weighted by molar-refractivity contribution is 0.157. The predicted molar refractivity (Wildman–Crippen MR) is 107 cm³/mol. The molecule has 0 saturated carbocycles. The molecule has 6 heteroatoms. The van der Waals surface area contributed by atoms with Gasteiger partial charge in [0.1, 0.15) is 5.82 Å². The van der Waals surface area contributed by atoms with Crippen LogP contribution in [-0.2, 0) is 6.54 Å². The van der Waals surface area contributed by atoms with E-state index in [1.807, 2.05) is 36.7 Å². The van der Waals surface area contributed by atoms with E-state index in [4.69, 9.17) is 4.74 Å². The summed E-state index contributed by atoms with van der Waals surface area (Å²) >= 11 is 0. The van der Waals surface area contributed by atoms with E-state index < -0.39 is 0 Å². The zero-order valence-corrected chi connectivity index (χ0v) is 15.6.